The van der Waals surface area contributed by atoms with Crippen LogP contribution in [0, 0.1) is 0 Å². The fraction of sp³-hybridized carbons (Fsp3) is 0.286. The van der Waals surface area contributed by atoms with Crippen LogP contribution in [-0.2, 0) is 6.67 Å². The fourth-order valence-electron chi connectivity index (χ4n) is 0.792. The number of aromatic nitrogens is 1. The Hall–Kier alpha value is -0.850. The lowest BCUT2D eigenvalue weighted by molar-refractivity contribution is -0.275. The molecule has 0 aliphatic rings. The van der Waals surface area contributed by atoms with Crippen molar-refractivity contribution in [2.24, 2.45) is 0 Å². The third kappa shape index (κ3) is 2.83. The van der Waals surface area contributed by atoms with Crippen LogP contribution in [0.5, 0.6) is 5.75 Å². The summed E-state index contributed by atoms with van der Waals surface area (Å²) in [6, 6.07) is 0.952. The zero-order valence-electron chi connectivity index (χ0n) is 6.61. The highest BCUT2D eigenvalue weighted by Crippen LogP contribution is 2.30. The van der Waals surface area contributed by atoms with Crippen LogP contribution >= 0.6 is 15.9 Å². The predicted molar refractivity (Wildman–Crippen MR) is 43.4 cm³/mol. The van der Waals surface area contributed by atoms with E-state index >= 15 is 0 Å². The van der Waals surface area contributed by atoms with Gasteiger partial charge in [-0.2, -0.15) is 0 Å². The zero-order chi connectivity index (χ0) is 10.8. The maximum atomic E-state index is 12.3. The monoisotopic (exact) mass is 273 g/mol. The average molecular weight is 274 g/mol. The van der Waals surface area contributed by atoms with Crippen molar-refractivity contribution in [1.29, 1.82) is 0 Å². The minimum absolute atomic E-state index is 0.00162. The van der Waals surface area contributed by atoms with Gasteiger partial charge in [0.25, 0.3) is 0 Å². The molecule has 0 aliphatic heterocycles. The molecule has 0 saturated heterocycles. The lowest BCUT2D eigenvalue weighted by atomic mass is 10.3. The highest BCUT2D eigenvalue weighted by molar-refractivity contribution is 9.10. The molecule has 0 aromatic carbocycles. The molecule has 14 heavy (non-hydrogen) atoms. The summed E-state index contributed by atoms with van der Waals surface area (Å²) in [6.45, 7) is -1.08. The van der Waals surface area contributed by atoms with Gasteiger partial charge in [0, 0.05) is 6.20 Å². The largest absolute Gasteiger partial charge is 0.573 e. The Bertz CT molecular complexity index is 328. The standard InChI is InChI=1S/C7H4BrF4NO/c8-6-4(3-9)5(1-2-13-6)14-7(10,11)12/h1-2H,3H2. The minimum Gasteiger partial charge on any atom is -0.405 e. The fourth-order valence-corrected chi connectivity index (χ4v) is 1.21. The van der Waals surface area contributed by atoms with Gasteiger partial charge in [0.2, 0.25) is 0 Å². The molecular formula is C7H4BrF4NO. The van der Waals surface area contributed by atoms with Crippen LogP contribution in [0.15, 0.2) is 16.9 Å². The van der Waals surface area contributed by atoms with Crippen molar-refractivity contribution < 1.29 is 22.3 Å². The van der Waals surface area contributed by atoms with Crippen molar-refractivity contribution in [2.45, 2.75) is 13.0 Å². The summed E-state index contributed by atoms with van der Waals surface area (Å²) in [5.74, 6) is -0.582. The first kappa shape index (κ1) is 11.2. The molecule has 0 bridgehead atoms. The Morgan fingerprint density at radius 3 is 2.57 bits per heavy atom. The van der Waals surface area contributed by atoms with Crippen LogP contribution in [0.4, 0.5) is 17.6 Å². The van der Waals surface area contributed by atoms with E-state index in [1.54, 1.807) is 0 Å². The van der Waals surface area contributed by atoms with Crippen LogP contribution in [0.25, 0.3) is 0 Å². The van der Waals surface area contributed by atoms with Crippen molar-refractivity contribution in [3.63, 3.8) is 0 Å². The van der Waals surface area contributed by atoms with E-state index in [1.165, 1.54) is 0 Å². The highest BCUT2D eigenvalue weighted by atomic mass is 79.9. The quantitative estimate of drug-likeness (QED) is 0.610. The molecule has 0 saturated carbocycles. The summed E-state index contributed by atoms with van der Waals surface area (Å²) in [4.78, 5) is 3.57. The molecule has 0 radical (unpaired) electrons. The summed E-state index contributed by atoms with van der Waals surface area (Å²) in [6.07, 6.45) is -3.74. The van der Waals surface area contributed by atoms with E-state index in [1.807, 2.05) is 0 Å². The van der Waals surface area contributed by atoms with Crippen LogP contribution in [0.2, 0.25) is 0 Å². The van der Waals surface area contributed by atoms with Gasteiger partial charge in [-0.25, -0.2) is 9.37 Å². The number of halogens is 5. The molecule has 1 aromatic heterocycles. The Morgan fingerprint density at radius 1 is 1.43 bits per heavy atom. The first-order valence-electron chi connectivity index (χ1n) is 3.39. The molecule has 7 heteroatoms. The van der Waals surface area contributed by atoms with Gasteiger partial charge in [-0.15, -0.1) is 13.2 Å². The molecule has 0 fully saturated rings. The Labute approximate surface area is 85.0 Å². The van der Waals surface area contributed by atoms with Crippen molar-refractivity contribution in [1.82, 2.24) is 4.98 Å². The van der Waals surface area contributed by atoms with Gasteiger partial charge in [0.1, 0.15) is 17.0 Å². The van der Waals surface area contributed by atoms with Crippen LogP contribution in [-0.4, -0.2) is 11.3 Å². The summed E-state index contributed by atoms with van der Waals surface area (Å²) < 4.78 is 51.3. The second-order valence-corrected chi connectivity index (χ2v) is 3.01. The molecular weight excluding hydrogens is 270 g/mol. The van der Waals surface area contributed by atoms with E-state index in [-0.39, 0.29) is 10.2 Å². The lowest BCUT2D eigenvalue weighted by Gasteiger charge is -2.11. The number of rotatable bonds is 2. The molecule has 78 valence electrons. The van der Waals surface area contributed by atoms with Gasteiger partial charge in [0.05, 0.1) is 5.56 Å². The highest BCUT2D eigenvalue weighted by Gasteiger charge is 2.32. The maximum absolute atomic E-state index is 12.3. The third-order valence-corrected chi connectivity index (χ3v) is 2.00. The summed E-state index contributed by atoms with van der Waals surface area (Å²) >= 11 is 2.82. The third-order valence-electron chi connectivity index (χ3n) is 1.32. The van der Waals surface area contributed by atoms with Gasteiger partial charge in [-0.3, -0.25) is 0 Å². The van der Waals surface area contributed by atoms with Crippen molar-refractivity contribution >= 4 is 15.9 Å². The first-order valence-corrected chi connectivity index (χ1v) is 4.18. The molecule has 0 N–H and O–H groups in total. The molecule has 0 amide bonds. The normalized spacial score (nSPS) is 11.5. The summed E-state index contributed by atoms with van der Waals surface area (Å²) in [5.41, 5.74) is -0.259. The second-order valence-electron chi connectivity index (χ2n) is 2.26. The van der Waals surface area contributed by atoms with E-state index in [2.05, 4.69) is 25.7 Å². The van der Waals surface area contributed by atoms with Gasteiger partial charge < -0.3 is 4.74 Å². The van der Waals surface area contributed by atoms with Crippen molar-refractivity contribution in [3.8, 4) is 5.75 Å². The first-order chi connectivity index (χ1) is 6.44. The van der Waals surface area contributed by atoms with Crippen molar-refractivity contribution in [3.05, 3.63) is 22.4 Å². The minimum atomic E-state index is -4.83. The molecule has 0 spiro atoms. The number of hydrogen-bond donors (Lipinski definition) is 0. The number of hydrogen-bond acceptors (Lipinski definition) is 2. The molecule has 1 aromatic rings. The maximum Gasteiger partial charge on any atom is 0.573 e. The molecule has 0 atom stereocenters. The van der Waals surface area contributed by atoms with Crippen molar-refractivity contribution in [2.75, 3.05) is 0 Å². The molecule has 2 nitrogen and oxygen atoms in total. The SMILES string of the molecule is FCc1c(OC(F)(F)F)ccnc1Br. The van der Waals surface area contributed by atoms with Gasteiger partial charge in [0.15, 0.2) is 0 Å². The number of ether oxygens (including phenoxy) is 1. The van der Waals surface area contributed by atoms with Gasteiger partial charge >= 0.3 is 6.36 Å². The van der Waals surface area contributed by atoms with Gasteiger partial charge in [-0.1, -0.05) is 0 Å². The number of pyridine rings is 1. The second kappa shape index (κ2) is 4.12. The Balaban J connectivity index is 3.02. The number of nitrogens with zero attached hydrogens (tertiary/aromatic N) is 1. The predicted octanol–water partition coefficient (Wildman–Crippen LogP) is 3.21. The lowest BCUT2D eigenvalue weighted by Crippen LogP contribution is -2.18. The molecule has 1 heterocycles. The summed E-state index contributed by atoms with van der Waals surface area (Å²) in [7, 11) is 0. The number of alkyl halides is 4. The van der Waals surface area contributed by atoms with E-state index in [0.29, 0.717) is 0 Å². The van der Waals surface area contributed by atoms with Gasteiger partial charge in [-0.05, 0) is 22.0 Å². The average Bonchev–Trinajstić information content (AvgIpc) is 2.01. The summed E-state index contributed by atoms with van der Waals surface area (Å²) in [5, 5.41) is 0. The smallest absolute Gasteiger partial charge is 0.405 e. The Kier molecular flexibility index (Phi) is 3.30. The van der Waals surface area contributed by atoms with Crippen LogP contribution in [0.1, 0.15) is 5.56 Å². The van der Waals surface area contributed by atoms with E-state index in [0.717, 1.165) is 12.3 Å². The Morgan fingerprint density at radius 2 is 2.07 bits per heavy atom. The zero-order valence-corrected chi connectivity index (χ0v) is 8.19. The molecule has 1 rings (SSSR count). The molecule has 0 aliphatic carbocycles. The topological polar surface area (TPSA) is 22.1 Å². The van der Waals surface area contributed by atoms with Crippen LogP contribution in [0.3, 0.4) is 0 Å². The van der Waals surface area contributed by atoms with E-state index in [4.69, 9.17) is 0 Å². The van der Waals surface area contributed by atoms with Crippen LogP contribution < -0.4 is 4.74 Å². The van der Waals surface area contributed by atoms with E-state index in [9.17, 15) is 17.6 Å². The van der Waals surface area contributed by atoms with E-state index < -0.39 is 18.8 Å². The molecule has 0 unspecified atom stereocenters.